The zero-order chi connectivity index (χ0) is 29.9. The summed E-state index contributed by atoms with van der Waals surface area (Å²) in [6.45, 7) is 0.317. The van der Waals surface area contributed by atoms with E-state index in [2.05, 4.69) is 10.5 Å². The quantitative estimate of drug-likeness (QED) is 0.385. The molecular formula is C27H33FN4O9S. The zero-order valence-corrected chi connectivity index (χ0v) is 23.8. The molecule has 1 aromatic carbocycles. The molecule has 13 nitrogen and oxygen atoms in total. The number of nitrogens with zero attached hydrogens (tertiary/aromatic N) is 3. The topological polar surface area (TPSA) is 157 Å². The maximum absolute atomic E-state index is 14.1. The number of sulfonamides is 1. The standard InChI is InChI=1S/C27H33FN4O9S/c1-38-15-13-27-12-11-19(32(27)26(34)35)17-31(24(27)25(33)30-41-23-4-2-3-14-39-23)42(36,37)21-9-10-22(29-16-21)40-20-7-5-18(28)6-8-20/h5-10,16,19,23-24H,2-4,11-15,17H2,1H3,(H,30,33)(H,34,35)/t19-,23?,24+,27+/m1/s1. The summed E-state index contributed by atoms with van der Waals surface area (Å²) < 4.78 is 58.8. The Morgan fingerprint density at radius 2 is 1.98 bits per heavy atom. The molecule has 0 radical (unpaired) electrons. The third-order valence-electron chi connectivity index (χ3n) is 7.92. The maximum Gasteiger partial charge on any atom is 0.408 e. The van der Waals surface area contributed by atoms with Crippen LogP contribution in [-0.2, 0) is 29.1 Å². The first-order valence-electron chi connectivity index (χ1n) is 13.7. The van der Waals surface area contributed by atoms with Crippen LogP contribution in [-0.4, -0.2) is 90.5 Å². The van der Waals surface area contributed by atoms with E-state index < -0.39 is 51.8 Å². The minimum atomic E-state index is -4.38. The van der Waals surface area contributed by atoms with Crippen LogP contribution in [0.1, 0.15) is 38.5 Å². The van der Waals surface area contributed by atoms with E-state index >= 15 is 0 Å². The molecule has 15 heteroatoms. The number of carbonyl (C=O) groups is 2. The van der Waals surface area contributed by atoms with Crippen molar-refractivity contribution in [3.63, 3.8) is 0 Å². The molecule has 228 valence electrons. The fraction of sp³-hybridized carbons (Fsp3) is 0.519. The molecule has 42 heavy (non-hydrogen) atoms. The number of hydroxylamine groups is 1. The Hall–Kier alpha value is -3.37. The normalized spacial score (nSPS) is 26.1. The monoisotopic (exact) mass is 608 g/mol. The summed E-state index contributed by atoms with van der Waals surface area (Å²) in [7, 11) is -2.93. The minimum absolute atomic E-state index is 0.0723. The van der Waals surface area contributed by atoms with Gasteiger partial charge in [0.2, 0.25) is 15.9 Å². The molecule has 4 atom stereocenters. The summed E-state index contributed by atoms with van der Waals surface area (Å²) in [6.07, 6.45) is 2.09. The van der Waals surface area contributed by atoms with Crippen LogP contribution in [0.4, 0.5) is 9.18 Å². The summed E-state index contributed by atoms with van der Waals surface area (Å²) >= 11 is 0. The minimum Gasteiger partial charge on any atom is -0.465 e. The second-order valence-corrected chi connectivity index (χ2v) is 12.3. The van der Waals surface area contributed by atoms with Gasteiger partial charge in [-0.1, -0.05) is 0 Å². The highest BCUT2D eigenvalue weighted by Crippen LogP contribution is 2.47. The van der Waals surface area contributed by atoms with Crippen LogP contribution < -0.4 is 10.2 Å². The molecule has 3 fully saturated rings. The Morgan fingerprint density at radius 1 is 1.19 bits per heavy atom. The fourth-order valence-electron chi connectivity index (χ4n) is 5.99. The van der Waals surface area contributed by atoms with Gasteiger partial charge in [-0.3, -0.25) is 9.69 Å². The third kappa shape index (κ3) is 5.92. The predicted octanol–water partition coefficient (Wildman–Crippen LogP) is 2.88. The van der Waals surface area contributed by atoms with Crippen LogP contribution in [0.5, 0.6) is 11.6 Å². The number of carbonyl (C=O) groups excluding carboxylic acids is 1. The predicted molar refractivity (Wildman–Crippen MR) is 143 cm³/mol. The first-order valence-corrected chi connectivity index (χ1v) is 15.1. The number of benzene rings is 1. The van der Waals surface area contributed by atoms with Gasteiger partial charge in [-0.15, -0.1) is 0 Å². The molecule has 5 rings (SSSR count). The highest BCUT2D eigenvalue weighted by atomic mass is 32.2. The number of amides is 2. The first-order chi connectivity index (χ1) is 20.2. The maximum atomic E-state index is 14.1. The van der Waals surface area contributed by atoms with Crippen LogP contribution in [0.3, 0.4) is 0 Å². The van der Waals surface area contributed by atoms with Gasteiger partial charge >= 0.3 is 6.09 Å². The number of ether oxygens (including phenoxy) is 3. The van der Waals surface area contributed by atoms with Crippen molar-refractivity contribution in [2.75, 3.05) is 26.9 Å². The van der Waals surface area contributed by atoms with E-state index in [1.54, 1.807) is 0 Å². The smallest absolute Gasteiger partial charge is 0.408 e. The Morgan fingerprint density at radius 3 is 2.62 bits per heavy atom. The SMILES string of the molecule is COCC[C@@]12CC[C@H](CN(S(=O)(=O)c3ccc(Oc4ccc(F)cc4)nc3)[C@H]1C(=O)NOC1CCCCO1)N2C(=O)O. The van der Waals surface area contributed by atoms with Crippen molar-refractivity contribution in [1.29, 1.82) is 0 Å². The lowest BCUT2D eigenvalue weighted by Crippen LogP contribution is -2.73. The number of carboxylic acid groups (broad SMARTS) is 1. The first kappa shape index (κ1) is 30.1. The van der Waals surface area contributed by atoms with E-state index in [-0.39, 0.29) is 36.8 Å². The van der Waals surface area contributed by atoms with Gasteiger partial charge in [0, 0.05) is 45.4 Å². The van der Waals surface area contributed by atoms with Crippen molar-refractivity contribution in [3.05, 3.63) is 48.4 Å². The largest absolute Gasteiger partial charge is 0.465 e. The van der Waals surface area contributed by atoms with Gasteiger partial charge in [0.1, 0.15) is 22.5 Å². The van der Waals surface area contributed by atoms with Crippen LogP contribution >= 0.6 is 0 Å². The zero-order valence-electron chi connectivity index (χ0n) is 23.0. The fourth-order valence-corrected chi connectivity index (χ4v) is 7.63. The highest BCUT2D eigenvalue weighted by molar-refractivity contribution is 7.89. The van der Waals surface area contributed by atoms with Gasteiger partial charge in [0.05, 0.1) is 11.7 Å². The molecule has 2 amide bonds. The molecule has 0 spiro atoms. The van der Waals surface area contributed by atoms with Crippen LogP contribution in [0, 0.1) is 5.82 Å². The number of rotatable bonds is 10. The highest BCUT2D eigenvalue weighted by Gasteiger charge is 2.64. The third-order valence-corrected chi connectivity index (χ3v) is 9.73. The summed E-state index contributed by atoms with van der Waals surface area (Å²) in [6, 6.07) is 5.74. The van der Waals surface area contributed by atoms with Crippen molar-refractivity contribution >= 4 is 22.0 Å². The number of hydrogen-bond acceptors (Lipinski definition) is 9. The van der Waals surface area contributed by atoms with Gasteiger partial charge in [0.25, 0.3) is 5.91 Å². The Bertz CT molecular complexity index is 1370. The van der Waals surface area contributed by atoms with E-state index in [9.17, 15) is 27.5 Å². The van der Waals surface area contributed by atoms with Gasteiger partial charge in [-0.05, 0) is 62.4 Å². The molecule has 4 heterocycles. The number of methoxy groups -OCH3 is 1. The lowest BCUT2D eigenvalue weighted by Gasteiger charge is -2.51. The van der Waals surface area contributed by atoms with Gasteiger partial charge in [0.15, 0.2) is 6.29 Å². The average Bonchev–Trinajstić information content (AvgIpc) is 3.26. The Balaban J connectivity index is 1.46. The number of fused-ring (bicyclic) bond motifs is 2. The molecule has 3 aliphatic heterocycles. The second kappa shape index (κ2) is 12.5. The van der Waals surface area contributed by atoms with Crippen molar-refractivity contribution in [2.24, 2.45) is 0 Å². The van der Waals surface area contributed by atoms with Gasteiger partial charge in [-0.25, -0.2) is 32.9 Å². The van der Waals surface area contributed by atoms with Crippen molar-refractivity contribution in [2.45, 2.75) is 67.3 Å². The van der Waals surface area contributed by atoms with Gasteiger partial charge < -0.3 is 19.3 Å². The Kier molecular flexibility index (Phi) is 8.94. The van der Waals surface area contributed by atoms with Gasteiger partial charge in [-0.2, -0.15) is 4.31 Å². The van der Waals surface area contributed by atoms with Crippen molar-refractivity contribution < 1.29 is 46.6 Å². The van der Waals surface area contributed by atoms with E-state index in [1.807, 2.05) is 0 Å². The molecule has 1 unspecified atom stereocenters. The molecule has 3 aliphatic rings. The second-order valence-electron chi connectivity index (χ2n) is 10.4. The number of nitrogens with one attached hydrogen (secondary N) is 1. The molecule has 0 saturated carbocycles. The molecule has 3 saturated heterocycles. The Labute approximate surface area is 242 Å². The number of pyridine rings is 1. The number of halogens is 1. The van der Waals surface area contributed by atoms with E-state index in [4.69, 9.17) is 19.0 Å². The summed E-state index contributed by atoms with van der Waals surface area (Å²) in [5.74, 6) is -0.866. The lowest BCUT2D eigenvalue weighted by atomic mass is 9.83. The van der Waals surface area contributed by atoms with E-state index in [0.29, 0.717) is 25.2 Å². The van der Waals surface area contributed by atoms with E-state index in [0.717, 1.165) is 23.3 Å². The van der Waals surface area contributed by atoms with Crippen LogP contribution in [0.25, 0.3) is 0 Å². The molecule has 0 aliphatic carbocycles. The molecule has 2 N–H and O–H groups in total. The number of piperazine rings is 1. The van der Waals surface area contributed by atoms with E-state index in [1.165, 1.54) is 48.4 Å². The molecule has 2 bridgehead atoms. The summed E-state index contributed by atoms with van der Waals surface area (Å²) in [5.41, 5.74) is 0.962. The summed E-state index contributed by atoms with van der Waals surface area (Å²) in [4.78, 5) is 36.9. The molecule has 2 aromatic rings. The number of aromatic nitrogens is 1. The average molecular weight is 609 g/mol. The molecular weight excluding hydrogens is 575 g/mol. The van der Waals surface area contributed by atoms with Crippen molar-refractivity contribution in [3.8, 4) is 11.6 Å². The van der Waals surface area contributed by atoms with Crippen LogP contribution in [0.2, 0.25) is 0 Å². The molecule has 1 aromatic heterocycles. The number of hydrogen-bond donors (Lipinski definition) is 2. The van der Waals surface area contributed by atoms with Crippen LogP contribution in [0.15, 0.2) is 47.5 Å². The lowest BCUT2D eigenvalue weighted by molar-refractivity contribution is -0.204. The van der Waals surface area contributed by atoms with Crippen molar-refractivity contribution in [1.82, 2.24) is 19.7 Å². The summed E-state index contributed by atoms with van der Waals surface area (Å²) in [5, 5.41) is 10.2.